The number of anilines is 1. The highest BCUT2D eigenvalue weighted by molar-refractivity contribution is 6.09. The second-order valence-corrected chi connectivity index (χ2v) is 10.4. The van der Waals surface area contributed by atoms with Crippen LogP contribution in [0, 0.1) is 5.92 Å². The number of fused-ring (bicyclic) bond motifs is 1. The summed E-state index contributed by atoms with van der Waals surface area (Å²) < 4.78 is 8.65. The number of imidazole rings is 1. The number of carbonyl (C=O) groups excluding carboxylic acids is 3. The summed E-state index contributed by atoms with van der Waals surface area (Å²) in [5.74, 6) is 0.797. The molecule has 0 fully saturated rings. The third-order valence-electron chi connectivity index (χ3n) is 7.11. The van der Waals surface area contributed by atoms with Gasteiger partial charge in [-0.05, 0) is 60.9 Å². The summed E-state index contributed by atoms with van der Waals surface area (Å²) >= 11 is 0. The SMILES string of the molecule is COc1ccc(-n2nc(C(N)=O)c3c2C(=O)N(c2ccc(-n4ccnc4CN(C)C(=O)CC(C)C)cc2)CC3)cc1. The number of primary amides is 1. The lowest BCUT2D eigenvalue weighted by molar-refractivity contribution is -0.131. The van der Waals surface area contributed by atoms with Gasteiger partial charge in [0.1, 0.15) is 17.3 Å². The number of aromatic nitrogens is 4. The molecule has 0 unspecified atom stereocenters. The van der Waals surface area contributed by atoms with Gasteiger partial charge in [-0.1, -0.05) is 13.8 Å². The van der Waals surface area contributed by atoms with Crippen LogP contribution < -0.4 is 15.4 Å². The maximum absolute atomic E-state index is 13.8. The van der Waals surface area contributed by atoms with Gasteiger partial charge in [0.2, 0.25) is 5.91 Å². The van der Waals surface area contributed by atoms with Gasteiger partial charge >= 0.3 is 0 Å². The number of hydrogen-bond acceptors (Lipinski definition) is 6. The van der Waals surface area contributed by atoms with E-state index in [4.69, 9.17) is 10.5 Å². The summed E-state index contributed by atoms with van der Waals surface area (Å²) in [4.78, 5) is 46.3. The van der Waals surface area contributed by atoms with E-state index in [1.165, 1.54) is 4.68 Å². The zero-order chi connectivity index (χ0) is 29.3. The van der Waals surface area contributed by atoms with Gasteiger partial charge in [0, 0.05) is 49.3 Å². The number of nitrogens with two attached hydrogens (primary N) is 1. The Hall–Kier alpha value is -4.93. The number of carbonyl (C=O) groups is 3. The molecule has 0 bridgehead atoms. The van der Waals surface area contributed by atoms with Gasteiger partial charge in [-0.2, -0.15) is 5.10 Å². The van der Waals surface area contributed by atoms with Crippen LogP contribution in [0.3, 0.4) is 0 Å². The van der Waals surface area contributed by atoms with E-state index in [0.717, 1.165) is 11.5 Å². The summed E-state index contributed by atoms with van der Waals surface area (Å²) in [7, 11) is 3.35. The summed E-state index contributed by atoms with van der Waals surface area (Å²) in [6.45, 7) is 4.79. The zero-order valence-corrected chi connectivity index (χ0v) is 23.6. The lowest BCUT2D eigenvalue weighted by Crippen LogP contribution is -2.39. The van der Waals surface area contributed by atoms with Crippen molar-refractivity contribution in [3.05, 3.63) is 83.7 Å². The average Bonchev–Trinajstić information content (AvgIpc) is 3.58. The fraction of sp³-hybridized carbons (Fsp3) is 0.300. The van der Waals surface area contributed by atoms with Gasteiger partial charge in [0.05, 0.1) is 19.3 Å². The summed E-state index contributed by atoms with van der Waals surface area (Å²) in [6.07, 6.45) is 4.47. The predicted molar refractivity (Wildman–Crippen MR) is 154 cm³/mol. The van der Waals surface area contributed by atoms with E-state index < -0.39 is 5.91 Å². The smallest absolute Gasteiger partial charge is 0.277 e. The van der Waals surface area contributed by atoms with Crippen LogP contribution >= 0.6 is 0 Å². The van der Waals surface area contributed by atoms with Crippen LogP contribution in [0.15, 0.2) is 60.9 Å². The summed E-state index contributed by atoms with van der Waals surface area (Å²) in [5.41, 5.74) is 8.76. The van der Waals surface area contributed by atoms with E-state index >= 15 is 0 Å². The predicted octanol–water partition coefficient (Wildman–Crippen LogP) is 3.37. The molecule has 2 aromatic carbocycles. The molecule has 1 aliphatic rings. The molecular weight excluding hydrogens is 522 g/mol. The third-order valence-corrected chi connectivity index (χ3v) is 7.11. The van der Waals surface area contributed by atoms with Crippen LogP contribution in [0.2, 0.25) is 0 Å². The largest absolute Gasteiger partial charge is 0.497 e. The molecule has 0 aliphatic carbocycles. The maximum Gasteiger partial charge on any atom is 0.277 e. The molecule has 4 aromatic rings. The Bertz CT molecular complexity index is 1590. The van der Waals surface area contributed by atoms with Crippen LogP contribution in [0.1, 0.15) is 52.6 Å². The first-order valence-corrected chi connectivity index (χ1v) is 13.4. The van der Waals surface area contributed by atoms with Crippen molar-refractivity contribution in [2.24, 2.45) is 11.7 Å². The van der Waals surface area contributed by atoms with Crippen molar-refractivity contribution >= 4 is 23.4 Å². The van der Waals surface area contributed by atoms with Crippen LogP contribution in [-0.4, -0.2) is 62.7 Å². The van der Waals surface area contributed by atoms with Crippen molar-refractivity contribution in [3.63, 3.8) is 0 Å². The molecule has 1 aliphatic heterocycles. The minimum absolute atomic E-state index is 0.0706. The Labute approximate surface area is 238 Å². The number of hydrogen-bond donors (Lipinski definition) is 1. The van der Waals surface area contributed by atoms with Crippen LogP contribution in [0.25, 0.3) is 11.4 Å². The number of ether oxygens (including phenoxy) is 1. The molecule has 212 valence electrons. The molecule has 11 nitrogen and oxygen atoms in total. The lowest BCUT2D eigenvalue weighted by atomic mass is 10.0. The first-order chi connectivity index (χ1) is 19.7. The van der Waals surface area contributed by atoms with E-state index in [1.54, 1.807) is 54.4 Å². The fourth-order valence-corrected chi connectivity index (χ4v) is 5.00. The minimum Gasteiger partial charge on any atom is -0.497 e. The maximum atomic E-state index is 13.8. The van der Waals surface area contributed by atoms with Crippen molar-refractivity contribution in [1.82, 2.24) is 24.2 Å². The quantitative estimate of drug-likeness (QED) is 0.337. The van der Waals surface area contributed by atoms with Gasteiger partial charge < -0.3 is 24.8 Å². The van der Waals surface area contributed by atoms with E-state index in [0.29, 0.717) is 54.3 Å². The molecule has 41 heavy (non-hydrogen) atoms. The lowest BCUT2D eigenvalue weighted by Gasteiger charge is -2.28. The number of amides is 3. The van der Waals surface area contributed by atoms with Gasteiger partial charge in [-0.15, -0.1) is 0 Å². The molecular formula is C30H33N7O4. The fourth-order valence-electron chi connectivity index (χ4n) is 5.00. The van der Waals surface area contributed by atoms with Crippen LogP contribution in [0.4, 0.5) is 5.69 Å². The number of nitrogens with zero attached hydrogens (tertiary/aromatic N) is 6. The minimum atomic E-state index is -0.674. The van der Waals surface area contributed by atoms with Crippen LogP contribution in [0.5, 0.6) is 5.75 Å². The normalized spacial score (nSPS) is 12.9. The van der Waals surface area contributed by atoms with E-state index in [2.05, 4.69) is 10.1 Å². The molecule has 5 rings (SSSR count). The van der Waals surface area contributed by atoms with Crippen molar-refractivity contribution < 1.29 is 19.1 Å². The van der Waals surface area contributed by atoms with E-state index in [9.17, 15) is 14.4 Å². The standard InChI is InChI=1S/C30H33N7O4/c1-19(2)17-26(38)34(3)18-25-32-14-16-35(25)20-5-7-21(8-6-20)36-15-13-24-27(29(31)39)33-37(28(24)30(36)40)22-9-11-23(41-4)12-10-22/h5-12,14,16,19H,13,15,17-18H2,1-4H3,(H2,31,39). The molecule has 0 spiro atoms. The van der Waals surface area contributed by atoms with Crippen molar-refractivity contribution in [1.29, 1.82) is 0 Å². The Balaban J connectivity index is 1.41. The van der Waals surface area contributed by atoms with E-state index in [-0.39, 0.29) is 23.4 Å². The Morgan fingerprint density at radius 3 is 2.34 bits per heavy atom. The highest BCUT2D eigenvalue weighted by atomic mass is 16.5. The van der Waals surface area contributed by atoms with Crippen molar-refractivity contribution in [3.8, 4) is 17.1 Å². The van der Waals surface area contributed by atoms with E-state index in [1.807, 2.05) is 48.9 Å². The highest BCUT2D eigenvalue weighted by Crippen LogP contribution is 2.30. The average molecular weight is 556 g/mol. The Morgan fingerprint density at radius 2 is 1.71 bits per heavy atom. The number of methoxy groups -OCH3 is 1. The first-order valence-electron chi connectivity index (χ1n) is 13.4. The number of benzene rings is 2. The molecule has 0 saturated heterocycles. The summed E-state index contributed by atoms with van der Waals surface area (Å²) in [6, 6.07) is 14.6. The highest BCUT2D eigenvalue weighted by Gasteiger charge is 2.34. The molecule has 2 N–H and O–H groups in total. The van der Waals surface area contributed by atoms with Crippen molar-refractivity contribution in [2.75, 3.05) is 25.6 Å². The number of rotatable bonds is 9. The Morgan fingerprint density at radius 1 is 1.05 bits per heavy atom. The second-order valence-electron chi connectivity index (χ2n) is 10.4. The summed E-state index contributed by atoms with van der Waals surface area (Å²) in [5, 5.41) is 4.42. The van der Waals surface area contributed by atoms with Crippen LogP contribution in [-0.2, 0) is 17.8 Å². The second kappa shape index (κ2) is 11.3. The monoisotopic (exact) mass is 555 g/mol. The molecule has 0 radical (unpaired) electrons. The van der Waals surface area contributed by atoms with Gasteiger partial charge in [-0.25, -0.2) is 9.67 Å². The van der Waals surface area contributed by atoms with Gasteiger partial charge in [0.15, 0.2) is 5.69 Å². The first kappa shape index (κ1) is 27.6. The molecule has 3 amide bonds. The topological polar surface area (TPSA) is 129 Å². The molecule has 3 heterocycles. The third kappa shape index (κ3) is 5.43. The molecule has 2 aromatic heterocycles. The van der Waals surface area contributed by atoms with Crippen molar-refractivity contribution in [2.45, 2.75) is 33.2 Å². The molecule has 0 saturated carbocycles. The van der Waals surface area contributed by atoms with Gasteiger partial charge in [-0.3, -0.25) is 14.4 Å². The van der Waals surface area contributed by atoms with Gasteiger partial charge in [0.25, 0.3) is 11.8 Å². The molecule has 11 heteroatoms. The zero-order valence-electron chi connectivity index (χ0n) is 23.6. The molecule has 0 atom stereocenters. The Kier molecular flexibility index (Phi) is 7.60.